The summed E-state index contributed by atoms with van der Waals surface area (Å²) >= 11 is 0. The Morgan fingerprint density at radius 2 is 0.814 bits per heavy atom. The van der Waals surface area contributed by atoms with E-state index in [-0.39, 0.29) is 18.3 Å². The van der Waals surface area contributed by atoms with E-state index in [2.05, 4.69) is 58.6 Å². The van der Waals surface area contributed by atoms with Gasteiger partial charge in [-0.25, -0.2) is 0 Å². The molecule has 6 atom stereocenters. The second-order valence-corrected chi connectivity index (χ2v) is 16.0. The first-order valence-electron chi connectivity index (χ1n) is 23.4. The van der Waals surface area contributed by atoms with Crippen LogP contribution in [0.15, 0.2) is 24.3 Å². The lowest BCUT2D eigenvalue weighted by Gasteiger charge is -2.33. The summed E-state index contributed by atoms with van der Waals surface area (Å²) < 4.78 is 60.3. The van der Waals surface area contributed by atoms with Gasteiger partial charge in [0, 0.05) is 59.9 Å². The fourth-order valence-corrected chi connectivity index (χ4v) is 6.86. The van der Waals surface area contributed by atoms with Gasteiger partial charge in [0.2, 0.25) is 0 Å². The number of hydrogen-bond acceptors (Lipinski definition) is 11. The van der Waals surface area contributed by atoms with Gasteiger partial charge in [-0.05, 0) is 61.3 Å². The Labute approximate surface area is 362 Å². The molecule has 1 aromatic rings. The van der Waals surface area contributed by atoms with Crippen molar-refractivity contribution in [2.45, 2.75) is 137 Å². The maximum absolute atomic E-state index is 6.43. The third-order valence-electron chi connectivity index (χ3n) is 11.0. The summed E-state index contributed by atoms with van der Waals surface area (Å²) in [6, 6.07) is 8.28. The van der Waals surface area contributed by atoms with Gasteiger partial charge in [-0.15, -0.1) is 0 Å². The largest absolute Gasteiger partial charge is 0.491 e. The third-order valence-corrected chi connectivity index (χ3v) is 11.0. The van der Waals surface area contributed by atoms with Gasteiger partial charge in [0.1, 0.15) is 18.5 Å². The molecule has 6 unspecified atom stereocenters. The van der Waals surface area contributed by atoms with Crippen LogP contribution < -0.4 is 9.64 Å². The number of ether oxygens (including phenoxy) is 10. The lowest BCUT2D eigenvalue weighted by atomic mass is 10.0. The summed E-state index contributed by atoms with van der Waals surface area (Å²) in [7, 11) is 5.09. The van der Waals surface area contributed by atoms with Crippen molar-refractivity contribution in [2.24, 2.45) is 17.8 Å². The molecule has 1 aromatic carbocycles. The Morgan fingerprint density at radius 3 is 1.17 bits per heavy atom. The summed E-state index contributed by atoms with van der Waals surface area (Å²) in [4.78, 5) is 2.33. The van der Waals surface area contributed by atoms with Gasteiger partial charge in [0.15, 0.2) is 0 Å². The van der Waals surface area contributed by atoms with Crippen molar-refractivity contribution in [3.05, 3.63) is 24.3 Å². The average Bonchev–Trinajstić information content (AvgIpc) is 3.25. The summed E-state index contributed by atoms with van der Waals surface area (Å²) in [5.74, 6) is 2.44. The molecule has 11 nitrogen and oxygen atoms in total. The molecule has 0 saturated heterocycles. The number of anilines is 1. The van der Waals surface area contributed by atoms with Crippen LogP contribution in [-0.4, -0.2) is 139 Å². The van der Waals surface area contributed by atoms with Crippen LogP contribution in [0.5, 0.6) is 5.75 Å². The van der Waals surface area contributed by atoms with E-state index < -0.39 is 0 Å². The Morgan fingerprint density at radius 1 is 0.441 bits per heavy atom. The molecular formula is C48H91NO10. The van der Waals surface area contributed by atoms with Gasteiger partial charge in [0.05, 0.1) is 71.7 Å². The summed E-state index contributed by atoms with van der Waals surface area (Å²) in [6.07, 6.45) is 13.6. The zero-order valence-corrected chi connectivity index (χ0v) is 39.4. The third kappa shape index (κ3) is 28.6. The predicted octanol–water partition coefficient (Wildman–Crippen LogP) is 9.67. The zero-order chi connectivity index (χ0) is 43.2. The molecule has 0 amide bonds. The number of benzene rings is 1. The highest BCUT2D eigenvalue weighted by Gasteiger charge is 2.23. The molecule has 0 spiro atoms. The smallest absolute Gasteiger partial charge is 0.119 e. The first-order chi connectivity index (χ1) is 28.9. The zero-order valence-electron chi connectivity index (χ0n) is 39.4. The first-order valence-corrected chi connectivity index (χ1v) is 23.4. The van der Waals surface area contributed by atoms with E-state index in [4.69, 9.17) is 47.4 Å². The minimum Gasteiger partial charge on any atom is -0.491 e. The van der Waals surface area contributed by atoms with E-state index in [1.807, 2.05) is 12.1 Å². The Hall–Kier alpha value is -1.54. The highest BCUT2D eigenvalue weighted by Crippen LogP contribution is 2.23. The maximum atomic E-state index is 6.43. The number of unbranched alkanes of at least 4 members (excludes halogenated alkanes) is 3. The van der Waals surface area contributed by atoms with Crippen molar-refractivity contribution < 1.29 is 47.4 Å². The molecule has 0 N–H and O–H groups in total. The first kappa shape index (κ1) is 55.5. The fraction of sp³-hybridized carbons (Fsp3) is 0.875. The molecule has 0 radical (unpaired) electrons. The van der Waals surface area contributed by atoms with E-state index in [1.54, 1.807) is 21.3 Å². The van der Waals surface area contributed by atoms with Crippen molar-refractivity contribution in [3.63, 3.8) is 0 Å². The number of rotatable bonds is 44. The second kappa shape index (κ2) is 39.3. The SMILES string of the molecule is CCCCC(CC)COCC(COc1ccc(N(CC(COCC(CC)CCCC)OCCOC)CC(COCC(CC)CCCC)OCCOC)cc1)OCCOC. The average molecular weight is 842 g/mol. The normalized spacial score (nSPS) is 14.9. The lowest BCUT2D eigenvalue weighted by Crippen LogP contribution is -2.43. The Bertz CT molecular complexity index is 982. The van der Waals surface area contributed by atoms with Crippen molar-refractivity contribution in [1.29, 1.82) is 0 Å². The van der Waals surface area contributed by atoms with E-state index in [9.17, 15) is 0 Å². The number of methoxy groups -OCH3 is 3. The Kier molecular flexibility index (Phi) is 37.0. The van der Waals surface area contributed by atoms with Crippen molar-refractivity contribution in [2.75, 3.05) is 125 Å². The topological polar surface area (TPSA) is 95.5 Å². The molecule has 59 heavy (non-hydrogen) atoms. The summed E-state index contributed by atoms with van der Waals surface area (Å²) in [5.41, 5.74) is 1.04. The molecule has 0 fully saturated rings. The second-order valence-electron chi connectivity index (χ2n) is 16.0. The molecule has 348 valence electrons. The van der Waals surface area contributed by atoms with Gasteiger partial charge < -0.3 is 52.3 Å². The van der Waals surface area contributed by atoms with Gasteiger partial charge in [0.25, 0.3) is 0 Å². The highest BCUT2D eigenvalue weighted by atomic mass is 16.6. The molecule has 11 heteroatoms. The molecule has 0 aliphatic carbocycles. The summed E-state index contributed by atoms with van der Waals surface area (Å²) in [5, 5.41) is 0. The van der Waals surface area contributed by atoms with E-state index in [0.29, 0.717) is 96.9 Å². The van der Waals surface area contributed by atoms with Crippen molar-refractivity contribution >= 4 is 5.69 Å². The number of nitrogens with zero attached hydrogens (tertiary/aromatic N) is 1. The molecule has 0 bridgehead atoms. The van der Waals surface area contributed by atoms with Crippen molar-refractivity contribution in [3.8, 4) is 5.75 Å². The maximum Gasteiger partial charge on any atom is 0.119 e. The molecule has 0 aromatic heterocycles. The van der Waals surface area contributed by atoms with Crippen LogP contribution in [0.3, 0.4) is 0 Å². The van der Waals surface area contributed by atoms with Crippen LogP contribution in [-0.2, 0) is 42.6 Å². The van der Waals surface area contributed by atoms with Crippen LogP contribution in [0.1, 0.15) is 119 Å². The fourth-order valence-electron chi connectivity index (χ4n) is 6.86. The van der Waals surface area contributed by atoms with Crippen LogP contribution in [0.25, 0.3) is 0 Å². The molecule has 0 heterocycles. The minimum absolute atomic E-state index is 0.178. The Balaban J connectivity index is 3.26. The standard InChI is InChI=1S/C48H91NO10/c1-10-16-19-41(13-4)34-53-37-46(56-29-26-50-7)32-49(33-47(57-30-27-51-8)38-54-35-42(14-5)20-17-11-2)44-22-24-45(25-23-44)59-40-48(58-31-28-52-9)39-55-36-43(15-6)21-18-12-3/h22-25,41-43,46-48H,10-21,26-40H2,1-9H3. The van der Waals surface area contributed by atoms with E-state index >= 15 is 0 Å². The molecule has 0 aliphatic rings. The molecular weight excluding hydrogens is 751 g/mol. The van der Waals surface area contributed by atoms with Crippen LogP contribution in [0.2, 0.25) is 0 Å². The van der Waals surface area contributed by atoms with Gasteiger partial charge in [-0.1, -0.05) is 99.3 Å². The van der Waals surface area contributed by atoms with Gasteiger partial charge in [-0.3, -0.25) is 0 Å². The number of hydrogen-bond donors (Lipinski definition) is 0. The van der Waals surface area contributed by atoms with Crippen molar-refractivity contribution in [1.82, 2.24) is 0 Å². The predicted molar refractivity (Wildman–Crippen MR) is 241 cm³/mol. The molecule has 1 rings (SSSR count). The van der Waals surface area contributed by atoms with Crippen LogP contribution in [0.4, 0.5) is 5.69 Å². The quantitative estimate of drug-likeness (QED) is 0.0588. The molecule has 0 aliphatic heterocycles. The lowest BCUT2D eigenvalue weighted by molar-refractivity contribution is -0.0561. The van der Waals surface area contributed by atoms with Crippen LogP contribution >= 0.6 is 0 Å². The van der Waals surface area contributed by atoms with Gasteiger partial charge in [-0.2, -0.15) is 0 Å². The van der Waals surface area contributed by atoms with E-state index in [1.165, 1.54) is 57.8 Å². The molecule has 0 saturated carbocycles. The monoisotopic (exact) mass is 842 g/mol. The van der Waals surface area contributed by atoms with E-state index in [0.717, 1.165) is 50.5 Å². The highest BCUT2D eigenvalue weighted by molar-refractivity contribution is 5.49. The van der Waals surface area contributed by atoms with Crippen LogP contribution in [0, 0.1) is 17.8 Å². The van der Waals surface area contributed by atoms with Gasteiger partial charge >= 0.3 is 0 Å². The summed E-state index contributed by atoms with van der Waals surface area (Å²) in [6.45, 7) is 21.8. The minimum atomic E-state index is -0.205.